The SMILES string of the molecule is CCOc1ccccc1C(O)C1(CN)CCC(CC)CC1. The molecule has 0 radical (unpaired) electrons. The van der Waals surface area contributed by atoms with E-state index < -0.39 is 6.10 Å². The highest BCUT2D eigenvalue weighted by Crippen LogP contribution is 2.49. The molecule has 1 atom stereocenters. The summed E-state index contributed by atoms with van der Waals surface area (Å²) in [5.74, 6) is 1.58. The maximum Gasteiger partial charge on any atom is 0.125 e. The normalized spacial score (nSPS) is 27.3. The number of rotatable bonds is 6. The molecule has 0 spiro atoms. The van der Waals surface area contributed by atoms with E-state index in [1.54, 1.807) is 0 Å². The first-order valence-corrected chi connectivity index (χ1v) is 8.26. The van der Waals surface area contributed by atoms with Crippen LogP contribution in [0.1, 0.15) is 57.6 Å². The number of hydrogen-bond acceptors (Lipinski definition) is 3. The highest BCUT2D eigenvalue weighted by atomic mass is 16.5. The summed E-state index contributed by atoms with van der Waals surface area (Å²) in [5, 5.41) is 11.0. The molecular formula is C18H29NO2. The summed E-state index contributed by atoms with van der Waals surface area (Å²) in [7, 11) is 0. The van der Waals surface area contributed by atoms with Crippen molar-refractivity contribution >= 4 is 0 Å². The third-order valence-electron chi connectivity index (χ3n) is 5.18. The average molecular weight is 291 g/mol. The second kappa shape index (κ2) is 7.28. The lowest BCUT2D eigenvalue weighted by molar-refractivity contribution is -0.0118. The van der Waals surface area contributed by atoms with Crippen molar-refractivity contribution in [1.82, 2.24) is 0 Å². The predicted octanol–water partition coefficient (Wildman–Crippen LogP) is 3.66. The van der Waals surface area contributed by atoms with Gasteiger partial charge in [0.05, 0.1) is 12.7 Å². The van der Waals surface area contributed by atoms with Crippen LogP contribution < -0.4 is 10.5 Å². The molecule has 1 aromatic rings. The number of hydrogen-bond donors (Lipinski definition) is 2. The van der Waals surface area contributed by atoms with Crippen LogP contribution in [0, 0.1) is 11.3 Å². The molecular weight excluding hydrogens is 262 g/mol. The Labute approximate surface area is 128 Å². The van der Waals surface area contributed by atoms with E-state index in [2.05, 4.69) is 6.92 Å². The maximum absolute atomic E-state index is 11.0. The van der Waals surface area contributed by atoms with Gasteiger partial charge < -0.3 is 15.6 Å². The standard InChI is InChI=1S/C18H29NO2/c1-3-14-9-11-18(13-19,12-10-14)17(20)15-7-5-6-8-16(15)21-4-2/h5-8,14,17,20H,3-4,9-13,19H2,1-2H3. The zero-order chi connectivity index (χ0) is 15.3. The molecule has 1 aliphatic rings. The summed E-state index contributed by atoms with van der Waals surface area (Å²) in [6, 6.07) is 7.82. The molecule has 118 valence electrons. The van der Waals surface area contributed by atoms with E-state index in [0.29, 0.717) is 13.2 Å². The van der Waals surface area contributed by atoms with Crippen molar-refractivity contribution in [3.63, 3.8) is 0 Å². The van der Waals surface area contributed by atoms with Gasteiger partial charge in [0.25, 0.3) is 0 Å². The quantitative estimate of drug-likeness (QED) is 0.841. The molecule has 1 aliphatic carbocycles. The number of ether oxygens (including phenoxy) is 1. The molecule has 3 N–H and O–H groups in total. The molecule has 1 saturated carbocycles. The molecule has 1 aromatic carbocycles. The first kappa shape index (κ1) is 16.3. The Balaban J connectivity index is 2.22. The van der Waals surface area contributed by atoms with Crippen LogP contribution in [-0.4, -0.2) is 18.3 Å². The Kier molecular flexibility index (Phi) is 5.65. The number of nitrogens with two attached hydrogens (primary N) is 1. The monoisotopic (exact) mass is 291 g/mol. The van der Waals surface area contributed by atoms with Crippen molar-refractivity contribution < 1.29 is 9.84 Å². The third-order valence-corrected chi connectivity index (χ3v) is 5.18. The molecule has 0 aliphatic heterocycles. The van der Waals surface area contributed by atoms with Gasteiger partial charge in [-0.05, 0) is 44.6 Å². The number of aliphatic hydroxyl groups is 1. The van der Waals surface area contributed by atoms with Gasteiger partial charge in [0.15, 0.2) is 0 Å². The number of benzene rings is 1. The van der Waals surface area contributed by atoms with Crippen LogP contribution in [0.5, 0.6) is 5.75 Å². The fourth-order valence-electron chi connectivity index (χ4n) is 3.57. The van der Waals surface area contributed by atoms with Crippen LogP contribution in [-0.2, 0) is 0 Å². The topological polar surface area (TPSA) is 55.5 Å². The Morgan fingerprint density at radius 3 is 2.52 bits per heavy atom. The molecule has 3 nitrogen and oxygen atoms in total. The van der Waals surface area contributed by atoms with E-state index in [9.17, 15) is 5.11 Å². The Morgan fingerprint density at radius 1 is 1.29 bits per heavy atom. The van der Waals surface area contributed by atoms with Crippen molar-refractivity contribution in [2.24, 2.45) is 17.1 Å². The lowest BCUT2D eigenvalue weighted by Gasteiger charge is -2.43. The first-order chi connectivity index (χ1) is 10.2. The number of aliphatic hydroxyl groups excluding tert-OH is 1. The van der Waals surface area contributed by atoms with Gasteiger partial charge in [-0.2, -0.15) is 0 Å². The van der Waals surface area contributed by atoms with Gasteiger partial charge >= 0.3 is 0 Å². The van der Waals surface area contributed by atoms with Crippen molar-refractivity contribution in [3.8, 4) is 5.75 Å². The van der Waals surface area contributed by atoms with Crippen molar-refractivity contribution in [2.75, 3.05) is 13.2 Å². The molecule has 1 unspecified atom stereocenters. The van der Waals surface area contributed by atoms with Gasteiger partial charge in [-0.1, -0.05) is 31.5 Å². The average Bonchev–Trinajstić information content (AvgIpc) is 2.55. The molecule has 2 rings (SSSR count). The molecule has 1 fully saturated rings. The van der Waals surface area contributed by atoms with Crippen LogP contribution in [0.2, 0.25) is 0 Å². The fraction of sp³-hybridized carbons (Fsp3) is 0.667. The summed E-state index contributed by atoms with van der Waals surface area (Å²) >= 11 is 0. The van der Waals surface area contributed by atoms with Gasteiger partial charge in [0, 0.05) is 17.5 Å². The Bertz CT molecular complexity index is 439. The van der Waals surface area contributed by atoms with Crippen LogP contribution in [0.15, 0.2) is 24.3 Å². The highest BCUT2D eigenvalue weighted by molar-refractivity contribution is 5.36. The predicted molar refractivity (Wildman–Crippen MR) is 86.3 cm³/mol. The van der Waals surface area contributed by atoms with Crippen LogP contribution >= 0.6 is 0 Å². The van der Waals surface area contributed by atoms with Gasteiger partial charge in [0.1, 0.15) is 5.75 Å². The Hall–Kier alpha value is -1.06. The second-order valence-electron chi connectivity index (χ2n) is 6.29. The zero-order valence-electron chi connectivity index (χ0n) is 13.3. The smallest absolute Gasteiger partial charge is 0.125 e. The third kappa shape index (κ3) is 3.41. The summed E-state index contributed by atoms with van der Waals surface area (Å²) in [5.41, 5.74) is 6.78. The summed E-state index contributed by atoms with van der Waals surface area (Å²) in [6.07, 6.45) is 5.03. The van der Waals surface area contributed by atoms with E-state index in [-0.39, 0.29) is 5.41 Å². The van der Waals surface area contributed by atoms with Crippen molar-refractivity contribution in [3.05, 3.63) is 29.8 Å². The molecule has 3 heteroatoms. The van der Waals surface area contributed by atoms with Crippen LogP contribution in [0.25, 0.3) is 0 Å². The minimum absolute atomic E-state index is 0.196. The molecule has 21 heavy (non-hydrogen) atoms. The van der Waals surface area contributed by atoms with Crippen molar-refractivity contribution in [2.45, 2.75) is 52.1 Å². The molecule has 0 saturated heterocycles. The maximum atomic E-state index is 11.0. The van der Waals surface area contributed by atoms with Crippen LogP contribution in [0.4, 0.5) is 0 Å². The van der Waals surface area contributed by atoms with E-state index >= 15 is 0 Å². The largest absolute Gasteiger partial charge is 0.493 e. The number of para-hydroxylation sites is 1. The summed E-state index contributed by atoms with van der Waals surface area (Å²) in [4.78, 5) is 0. The first-order valence-electron chi connectivity index (χ1n) is 8.26. The van der Waals surface area contributed by atoms with E-state index in [1.807, 2.05) is 31.2 Å². The lowest BCUT2D eigenvalue weighted by Crippen LogP contribution is -2.40. The van der Waals surface area contributed by atoms with Gasteiger partial charge in [-0.25, -0.2) is 0 Å². The van der Waals surface area contributed by atoms with Gasteiger partial charge in [-0.3, -0.25) is 0 Å². The van der Waals surface area contributed by atoms with E-state index in [4.69, 9.17) is 10.5 Å². The Morgan fingerprint density at radius 2 is 1.95 bits per heavy atom. The minimum Gasteiger partial charge on any atom is -0.493 e. The van der Waals surface area contributed by atoms with E-state index in [1.165, 1.54) is 19.3 Å². The van der Waals surface area contributed by atoms with Gasteiger partial charge in [-0.15, -0.1) is 0 Å². The lowest BCUT2D eigenvalue weighted by atomic mass is 9.65. The summed E-state index contributed by atoms with van der Waals surface area (Å²) < 4.78 is 5.68. The molecule has 0 aromatic heterocycles. The fourth-order valence-corrected chi connectivity index (χ4v) is 3.57. The second-order valence-corrected chi connectivity index (χ2v) is 6.29. The summed E-state index contributed by atoms with van der Waals surface area (Å²) in [6.45, 7) is 5.36. The van der Waals surface area contributed by atoms with Crippen LogP contribution in [0.3, 0.4) is 0 Å². The molecule has 0 bridgehead atoms. The van der Waals surface area contributed by atoms with Crippen molar-refractivity contribution in [1.29, 1.82) is 0 Å². The van der Waals surface area contributed by atoms with E-state index in [0.717, 1.165) is 30.1 Å². The minimum atomic E-state index is -0.539. The highest BCUT2D eigenvalue weighted by Gasteiger charge is 2.41. The molecule has 0 heterocycles. The van der Waals surface area contributed by atoms with Gasteiger partial charge in [0.2, 0.25) is 0 Å². The zero-order valence-corrected chi connectivity index (χ0v) is 13.3. The molecule has 0 amide bonds.